The zero-order chi connectivity index (χ0) is 23.1. The van der Waals surface area contributed by atoms with Gasteiger partial charge in [-0.05, 0) is 83.7 Å². The minimum absolute atomic E-state index is 0.197. The topological polar surface area (TPSA) is 49.2 Å². The summed E-state index contributed by atoms with van der Waals surface area (Å²) in [5, 5.41) is 0. The maximum absolute atomic E-state index is 6.36. The first kappa shape index (κ1) is 22.5. The number of ether oxygens (including phenoxy) is 2. The summed E-state index contributed by atoms with van der Waals surface area (Å²) in [7, 11) is 1.66. The highest BCUT2D eigenvalue weighted by molar-refractivity contribution is 5.66. The maximum atomic E-state index is 6.36. The van der Waals surface area contributed by atoms with E-state index in [1.807, 2.05) is 12.1 Å². The fraction of sp³-hybridized carbons (Fsp3) is 0.481. The van der Waals surface area contributed by atoms with Crippen LogP contribution in [0, 0.1) is 6.92 Å². The molecule has 170 valence electrons. The van der Waals surface area contributed by atoms with Gasteiger partial charge in [0.25, 0.3) is 0 Å². The van der Waals surface area contributed by atoms with Gasteiger partial charge in [0, 0.05) is 23.5 Å². The quantitative estimate of drug-likeness (QED) is 0.476. The van der Waals surface area contributed by atoms with Gasteiger partial charge in [0.1, 0.15) is 0 Å². The van der Waals surface area contributed by atoms with Crippen molar-refractivity contribution in [2.75, 3.05) is 7.11 Å². The molecule has 1 aliphatic rings. The fourth-order valence-corrected chi connectivity index (χ4v) is 5.29. The van der Waals surface area contributed by atoms with E-state index in [0.29, 0.717) is 11.8 Å². The molecule has 1 saturated heterocycles. The molecule has 0 spiro atoms. The molecule has 0 amide bonds. The van der Waals surface area contributed by atoms with Crippen LogP contribution in [-0.4, -0.2) is 32.8 Å². The summed E-state index contributed by atoms with van der Waals surface area (Å²) in [4.78, 5) is 9.69. The zero-order valence-corrected chi connectivity index (χ0v) is 20.4. The summed E-state index contributed by atoms with van der Waals surface area (Å²) >= 11 is 0. The van der Waals surface area contributed by atoms with E-state index in [2.05, 4.69) is 75.4 Å². The zero-order valence-electron chi connectivity index (χ0n) is 20.4. The van der Waals surface area contributed by atoms with E-state index in [4.69, 9.17) is 14.5 Å². The van der Waals surface area contributed by atoms with Crippen molar-refractivity contribution in [1.29, 1.82) is 0 Å². The summed E-state index contributed by atoms with van der Waals surface area (Å²) in [5.74, 6) is 1.77. The molecule has 0 aliphatic carbocycles. The molecule has 3 heterocycles. The Balaban J connectivity index is 1.90. The second-order valence-corrected chi connectivity index (χ2v) is 10.0. The van der Waals surface area contributed by atoms with Crippen LogP contribution in [0.15, 0.2) is 42.6 Å². The van der Waals surface area contributed by atoms with Gasteiger partial charge in [-0.2, -0.15) is 0 Å². The Morgan fingerprint density at radius 3 is 2.31 bits per heavy atom. The van der Waals surface area contributed by atoms with Crippen molar-refractivity contribution in [2.45, 2.75) is 77.9 Å². The molecule has 0 radical (unpaired) electrons. The van der Waals surface area contributed by atoms with E-state index in [-0.39, 0.29) is 11.2 Å². The van der Waals surface area contributed by atoms with Crippen molar-refractivity contribution in [3.63, 3.8) is 0 Å². The first-order chi connectivity index (χ1) is 15.1. The average molecular weight is 434 g/mol. The van der Waals surface area contributed by atoms with Gasteiger partial charge in [-0.3, -0.25) is 4.57 Å². The SMILES string of the molecule is CCc1ccc(-n2c(-c3cccnc3OC)nc(C3CC(C)(C)OC(C)(C)C3)c2C)cc1. The Morgan fingerprint density at radius 1 is 1.06 bits per heavy atom. The van der Waals surface area contributed by atoms with Gasteiger partial charge in [0.05, 0.1) is 29.6 Å². The molecule has 32 heavy (non-hydrogen) atoms. The van der Waals surface area contributed by atoms with E-state index >= 15 is 0 Å². The van der Waals surface area contributed by atoms with Crippen LogP contribution in [0.1, 0.15) is 70.3 Å². The van der Waals surface area contributed by atoms with Crippen LogP contribution in [0.5, 0.6) is 5.88 Å². The van der Waals surface area contributed by atoms with Crippen molar-refractivity contribution in [3.05, 3.63) is 59.5 Å². The number of rotatable bonds is 5. The van der Waals surface area contributed by atoms with Gasteiger partial charge in [0.2, 0.25) is 5.88 Å². The lowest BCUT2D eigenvalue weighted by Gasteiger charge is -2.45. The van der Waals surface area contributed by atoms with Crippen LogP contribution in [-0.2, 0) is 11.2 Å². The Bertz CT molecular complexity index is 1080. The van der Waals surface area contributed by atoms with Crippen molar-refractivity contribution >= 4 is 0 Å². The molecule has 5 nitrogen and oxygen atoms in total. The molecule has 1 aromatic carbocycles. The van der Waals surface area contributed by atoms with Gasteiger partial charge < -0.3 is 9.47 Å². The summed E-state index contributed by atoms with van der Waals surface area (Å²) in [6.07, 6.45) is 4.65. The lowest BCUT2D eigenvalue weighted by atomic mass is 9.79. The Hall–Kier alpha value is -2.66. The van der Waals surface area contributed by atoms with Gasteiger partial charge in [-0.15, -0.1) is 0 Å². The van der Waals surface area contributed by atoms with E-state index in [9.17, 15) is 0 Å². The van der Waals surface area contributed by atoms with E-state index < -0.39 is 0 Å². The number of aromatic nitrogens is 3. The number of methoxy groups -OCH3 is 1. The van der Waals surface area contributed by atoms with E-state index in [0.717, 1.165) is 47.7 Å². The summed E-state index contributed by atoms with van der Waals surface area (Å²) in [6.45, 7) is 13.1. The molecule has 2 aromatic heterocycles. The minimum atomic E-state index is -0.197. The molecule has 0 atom stereocenters. The number of hydrogen-bond donors (Lipinski definition) is 0. The normalized spacial score (nSPS) is 18.0. The highest BCUT2D eigenvalue weighted by Crippen LogP contribution is 2.45. The van der Waals surface area contributed by atoms with Crippen LogP contribution >= 0.6 is 0 Å². The van der Waals surface area contributed by atoms with Gasteiger partial charge in [-0.25, -0.2) is 9.97 Å². The molecule has 0 bridgehead atoms. The molecule has 0 saturated carbocycles. The molecule has 1 fully saturated rings. The second kappa shape index (κ2) is 8.36. The smallest absolute Gasteiger partial charge is 0.224 e. The largest absolute Gasteiger partial charge is 0.480 e. The average Bonchev–Trinajstić information content (AvgIpc) is 3.08. The molecular formula is C27H35N3O2. The van der Waals surface area contributed by atoms with Crippen LogP contribution in [0.25, 0.3) is 17.1 Å². The number of pyridine rings is 1. The van der Waals surface area contributed by atoms with Crippen LogP contribution in [0.2, 0.25) is 0 Å². The van der Waals surface area contributed by atoms with E-state index in [1.54, 1.807) is 13.3 Å². The van der Waals surface area contributed by atoms with Crippen molar-refractivity contribution < 1.29 is 9.47 Å². The number of benzene rings is 1. The highest BCUT2D eigenvalue weighted by atomic mass is 16.5. The predicted octanol–water partition coefficient (Wildman–Crippen LogP) is 6.26. The molecular weight excluding hydrogens is 398 g/mol. The third-order valence-corrected chi connectivity index (χ3v) is 6.37. The molecule has 0 N–H and O–H groups in total. The number of aryl methyl sites for hydroxylation is 1. The monoisotopic (exact) mass is 433 g/mol. The summed E-state index contributed by atoms with van der Waals surface area (Å²) in [5.41, 5.74) is 5.22. The maximum Gasteiger partial charge on any atom is 0.224 e. The van der Waals surface area contributed by atoms with Gasteiger partial charge in [-0.1, -0.05) is 19.1 Å². The number of imidazole rings is 1. The second-order valence-electron chi connectivity index (χ2n) is 10.0. The standard InChI is InChI=1S/C27H35N3O2/c1-8-19-11-13-21(14-12-19)30-18(2)23(20-16-26(3,4)32-27(5,6)17-20)29-24(30)22-10-9-15-28-25(22)31-7/h9-15,20H,8,16-17H2,1-7H3. The van der Waals surface area contributed by atoms with Gasteiger partial charge in [0.15, 0.2) is 5.82 Å². The van der Waals surface area contributed by atoms with Crippen molar-refractivity contribution in [2.24, 2.45) is 0 Å². The predicted molar refractivity (Wildman–Crippen MR) is 129 cm³/mol. The highest BCUT2D eigenvalue weighted by Gasteiger charge is 2.41. The third kappa shape index (κ3) is 4.31. The first-order valence-electron chi connectivity index (χ1n) is 11.5. The first-order valence-corrected chi connectivity index (χ1v) is 11.5. The lowest BCUT2D eigenvalue weighted by molar-refractivity contribution is -0.162. The van der Waals surface area contributed by atoms with Crippen LogP contribution in [0.3, 0.4) is 0 Å². The number of hydrogen-bond acceptors (Lipinski definition) is 4. The lowest BCUT2D eigenvalue weighted by Crippen LogP contribution is -2.44. The van der Waals surface area contributed by atoms with Crippen LogP contribution < -0.4 is 4.74 Å². The summed E-state index contributed by atoms with van der Waals surface area (Å²) in [6, 6.07) is 12.7. The van der Waals surface area contributed by atoms with Gasteiger partial charge >= 0.3 is 0 Å². The molecule has 4 rings (SSSR count). The molecule has 5 heteroatoms. The number of nitrogens with zero attached hydrogens (tertiary/aromatic N) is 3. The third-order valence-electron chi connectivity index (χ3n) is 6.37. The van der Waals surface area contributed by atoms with Crippen LogP contribution in [0.4, 0.5) is 0 Å². The molecule has 0 unspecified atom stereocenters. The van der Waals surface area contributed by atoms with Crippen molar-refractivity contribution in [1.82, 2.24) is 14.5 Å². The fourth-order valence-electron chi connectivity index (χ4n) is 5.29. The summed E-state index contributed by atoms with van der Waals surface area (Å²) < 4.78 is 14.2. The molecule has 3 aromatic rings. The Kier molecular flexibility index (Phi) is 5.89. The Labute approximate surface area is 191 Å². The molecule has 1 aliphatic heterocycles. The minimum Gasteiger partial charge on any atom is -0.480 e. The Morgan fingerprint density at radius 2 is 1.72 bits per heavy atom. The van der Waals surface area contributed by atoms with E-state index in [1.165, 1.54) is 5.56 Å². The van der Waals surface area contributed by atoms with Crippen molar-refractivity contribution in [3.8, 4) is 23.0 Å².